The summed E-state index contributed by atoms with van der Waals surface area (Å²) in [7, 11) is 0. The predicted molar refractivity (Wildman–Crippen MR) is 101 cm³/mol. The van der Waals surface area contributed by atoms with Crippen molar-refractivity contribution in [1.82, 2.24) is 4.90 Å². The van der Waals surface area contributed by atoms with Gasteiger partial charge in [-0.25, -0.2) is 0 Å². The molecular formula is C18H18Cl2N2O4. The van der Waals surface area contributed by atoms with Gasteiger partial charge in [0.2, 0.25) is 5.91 Å². The summed E-state index contributed by atoms with van der Waals surface area (Å²) in [6.45, 7) is 1.58. The highest BCUT2D eigenvalue weighted by molar-refractivity contribution is 6.39. The van der Waals surface area contributed by atoms with Gasteiger partial charge in [-0.05, 0) is 31.2 Å². The van der Waals surface area contributed by atoms with Gasteiger partial charge < -0.3 is 20.1 Å². The Hall–Kier alpha value is -2.44. The number of nitrogens with one attached hydrogen (secondary N) is 1. The smallest absolute Gasteiger partial charge is 0.260 e. The molecule has 0 unspecified atom stereocenters. The van der Waals surface area contributed by atoms with Gasteiger partial charge in [0.05, 0.1) is 22.3 Å². The van der Waals surface area contributed by atoms with E-state index in [0.717, 1.165) is 0 Å². The third kappa shape index (κ3) is 5.28. The van der Waals surface area contributed by atoms with Crippen LogP contribution in [0.3, 0.4) is 0 Å². The number of halogens is 2. The number of ether oxygens (including phenoxy) is 1. The van der Waals surface area contributed by atoms with Gasteiger partial charge in [-0.1, -0.05) is 41.4 Å². The minimum Gasteiger partial charge on any atom is -0.504 e. The first-order valence-electron chi connectivity index (χ1n) is 7.84. The van der Waals surface area contributed by atoms with Crippen molar-refractivity contribution in [1.29, 1.82) is 0 Å². The number of likely N-dealkylation sites (N-methyl/N-ethyl adjacent to an activating group) is 1. The highest BCUT2D eigenvalue weighted by Crippen LogP contribution is 2.29. The van der Waals surface area contributed by atoms with E-state index >= 15 is 0 Å². The van der Waals surface area contributed by atoms with Crippen molar-refractivity contribution in [2.24, 2.45) is 0 Å². The van der Waals surface area contributed by atoms with Crippen LogP contribution in [0.1, 0.15) is 6.92 Å². The maximum atomic E-state index is 12.3. The number of carbonyl (C=O) groups is 2. The molecule has 6 nitrogen and oxygen atoms in total. The quantitative estimate of drug-likeness (QED) is 0.749. The van der Waals surface area contributed by atoms with Crippen molar-refractivity contribution in [3.05, 3.63) is 52.5 Å². The highest BCUT2D eigenvalue weighted by Gasteiger charge is 2.18. The first-order valence-corrected chi connectivity index (χ1v) is 8.60. The second-order valence-electron chi connectivity index (χ2n) is 5.31. The normalized spacial score (nSPS) is 10.3. The fourth-order valence-corrected chi connectivity index (χ4v) is 2.65. The topological polar surface area (TPSA) is 78.9 Å². The van der Waals surface area contributed by atoms with E-state index in [4.69, 9.17) is 27.9 Å². The van der Waals surface area contributed by atoms with Crippen molar-refractivity contribution in [2.75, 3.05) is 25.0 Å². The fourth-order valence-electron chi connectivity index (χ4n) is 2.16. The Bertz CT molecular complexity index is 778. The molecule has 0 aliphatic carbocycles. The fraction of sp³-hybridized carbons (Fsp3) is 0.222. The lowest BCUT2D eigenvalue weighted by molar-refractivity contribution is -0.136. The van der Waals surface area contributed by atoms with Gasteiger partial charge in [0.25, 0.3) is 5.91 Å². The summed E-state index contributed by atoms with van der Waals surface area (Å²) in [6.07, 6.45) is 0. The van der Waals surface area contributed by atoms with Crippen LogP contribution < -0.4 is 10.1 Å². The molecule has 2 amide bonds. The number of amides is 2. The number of nitrogens with zero attached hydrogens (tertiary/aromatic N) is 1. The van der Waals surface area contributed by atoms with E-state index in [1.54, 1.807) is 43.3 Å². The first-order chi connectivity index (χ1) is 12.4. The van der Waals surface area contributed by atoms with E-state index in [2.05, 4.69) is 5.32 Å². The second-order valence-corrected chi connectivity index (χ2v) is 6.12. The molecule has 138 valence electrons. The molecular weight excluding hydrogens is 379 g/mol. The number of aromatic hydroxyl groups is 1. The number of hydrogen-bond acceptors (Lipinski definition) is 4. The molecule has 0 bridgehead atoms. The molecule has 8 heteroatoms. The Balaban J connectivity index is 1.94. The van der Waals surface area contributed by atoms with E-state index in [1.807, 2.05) is 0 Å². The molecule has 0 aliphatic heterocycles. The molecule has 2 aromatic rings. The molecule has 2 aromatic carbocycles. The third-order valence-corrected chi connectivity index (χ3v) is 4.14. The summed E-state index contributed by atoms with van der Waals surface area (Å²) < 4.78 is 5.30. The van der Waals surface area contributed by atoms with Crippen molar-refractivity contribution < 1.29 is 19.4 Å². The molecule has 0 saturated heterocycles. The zero-order valence-corrected chi connectivity index (χ0v) is 15.5. The Labute approximate surface area is 161 Å². The third-order valence-electron chi connectivity index (χ3n) is 3.51. The molecule has 0 heterocycles. The molecule has 0 radical (unpaired) electrons. The van der Waals surface area contributed by atoms with E-state index in [1.165, 1.54) is 11.0 Å². The maximum absolute atomic E-state index is 12.3. The number of benzene rings is 2. The molecule has 2 rings (SSSR count). The maximum Gasteiger partial charge on any atom is 0.260 e. The number of carbonyl (C=O) groups excluding carboxylic acids is 2. The Morgan fingerprint density at radius 1 is 1.12 bits per heavy atom. The number of hydrogen-bond donors (Lipinski definition) is 2. The highest BCUT2D eigenvalue weighted by atomic mass is 35.5. The van der Waals surface area contributed by atoms with Gasteiger partial charge in [-0.3, -0.25) is 9.59 Å². The number of phenolic OH excluding ortho intramolecular Hbond substituents is 1. The van der Waals surface area contributed by atoms with Crippen LogP contribution in [0.2, 0.25) is 10.0 Å². The van der Waals surface area contributed by atoms with Crippen LogP contribution in [-0.2, 0) is 9.59 Å². The predicted octanol–water partition coefficient (Wildman–Crippen LogP) is 3.57. The number of phenols is 1. The van der Waals surface area contributed by atoms with Gasteiger partial charge in [0.15, 0.2) is 18.1 Å². The van der Waals surface area contributed by atoms with Crippen LogP contribution in [0, 0.1) is 0 Å². The summed E-state index contributed by atoms with van der Waals surface area (Å²) in [6, 6.07) is 11.2. The second kappa shape index (κ2) is 9.31. The van der Waals surface area contributed by atoms with Crippen LogP contribution in [0.5, 0.6) is 11.5 Å². The average molecular weight is 397 g/mol. The molecule has 0 atom stereocenters. The molecule has 2 N–H and O–H groups in total. The standard InChI is InChI=1S/C18H18Cl2N2O4/c1-2-22(17(25)11-26-15-9-4-3-8-14(15)23)10-16(24)21-18-12(19)6-5-7-13(18)20/h3-9,23H,2,10-11H2,1H3,(H,21,24). The van der Waals surface area contributed by atoms with Gasteiger partial charge in [0, 0.05) is 6.54 Å². The minimum atomic E-state index is -0.433. The first kappa shape index (κ1) is 19.9. The Kier molecular flexibility index (Phi) is 7.12. The van der Waals surface area contributed by atoms with Crippen LogP contribution in [0.4, 0.5) is 5.69 Å². The van der Waals surface area contributed by atoms with Gasteiger partial charge in [0.1, 0.15) is 0 Å². The molecule has 0 aromatic heterocycles. The molecule has 0 saturated carbocycles. The van der Waals surface area contributed by atoms with Crippen LogP contribution >= 0.6 is 23.2 Å². The van der Waals surface area contributed by atoms with Crippen LogP contribution in [0.25, 0.3) is 0 Å². The monoisotopic (exact) mass is 396 g/mol. The van der Waals surface area contributed by atoms with E-state index < -0.39 is 11.8 Å². The summed E-state index contributed by atoms with van der Waals surface area (Å²) in [4.78, 5) is 25.8. The zero-order valence-electron chi connectivity index (χ0n) is 14.0. The molecule has 26 heavy (non-hydrogen) atoms. The lowest BCUT2D eigenvalue weighted by atomic mass is 10.3. The average Bonchev–Trinajstić information content (AvgIpc) is 2.62. The van der Waals surface area contributed by atoms with Gasteiger partial charge >= 0.3 is 0 Å². The lowest BCUT2D eigenvalue weighted by Crippen LogP contribution is -2.40. The summed E-state index contributed by atoms with van der Waals surface area (Å²) >= 11 is 12.0. The number of para-hydroxylation sites is 3. The van der Waals surface area contributed by atoms with Crippen LogP contribution in [-0.4, -0.2) is 41.5 Å². The van der Waals surface area contributed by atoms with Crippen molar-refractivity contribution in [2.45, 2.75) is 6.92 Å². The Morgan fingerprint density at radius 2 is 1.77 bits per heavy atom. The summed E-state index contributed by atoms with van der Waals surface area (Å²) in [5.41, 5.74) is 0.301. The minimum absolute atomic E-state index is 0.0607. The molecule has 0 spiro atoms. The lowest BCUT2D eigenvalue weighted by Gasteiger charge is -2.21. The van der Waals surface area contributed by atoms with Gasteiger partial charge in [-0.15, -0.1) is 0 Å². The number of rotatable bonds is 7. The van der Waals surface area contributed by atoms with E-state index in [0.29, 0.717) is 22.3 Å². The molecule has 0 fully saturated rings. The molecule has 0 aliphatic rings. The van der Waals surface area contributed by atoms with E-state index in [9.17, 15) is 14.7 Å². The summed E-state index contributed by atoms with van der Waals surface area (Å²) in [5.74, 6) is -0.687. The van der Waals surface area contributed by atoms with Gasteiger partial charge in [-0.2, -0.15) is 0 Å². The largest absolute Gasteiger partial charge is 0.504 e. The summed E-state index contributed by atoms with van der Waals surface area (Å²) in [5, 5.41) is 12.9. The zero-order chi connectivity index (χ0) is 19.1. The Morgan fingerprint density at radius 3 is 2.38 bits per heavy atom. The SMILES string of the molecule is CCN(CC(=O)Nc1c(Cl)cccc1Cl)C(=O)COc1ccccc1O. The van der Waals surface area contributed by atoms with E-state index in [-0.39, 0.29) is 24.7 Å². The van der Waals surface area contributed by atoms with Crippen molar-refractivity contribution in [3.63, 3.8) is 0 Å². The van der Waals surface area contributed by atoms with Crippen LogP contribution in [0.15, 0.2) is 42.5 Å². The van der Waals surface area contributed by atoms with Crippen molar-refractivity contribution in [3.8, 4) is 11.5 Å². The van der Waals surface area contributed by atoms with Crippen molar-refractivity contribution >= 4 is 40.7 Å². The number of anilines is 1.